The predicted octanol–water partition coefficient (Wildman–Crippen LogP) is 2.92. The van der Waals surface area contributed by atoms with Gasteiger partial charge in [-0.05, 0) is 25.0 Å². The van der Waals surface area contributed by atoms with Crippen LogP contribution in [-0.2, 0) is 0 Å². The monoisotopic (exact) mass is 237 g/mol. The maximum atomic E-state index is 4.47. The van der Waals surface area contributed by atoms with E-state index in [0.29, 0.717) is 12.1 Å². The number of hydrogen-bond donors (Lipinski definition) is 1. The van der Waals surface area contributed by atoms with E-state index in [0.717, 1.165) is 5.95 Å². The highest BCUT2D eigenvalue weighted by molar-refractivity contribution is 7.99. The number of aromatic nitrogens is 2. The zero-order valence-corrected chi connectivity index (χ0v) is 10.4. The molecule has 1 aliphatic carbocycles. The van der Waals surface area contributed by atoms with E-state index in [1.807, 2.05) is 18.0 Å². The van der Waals surface area contributed by atoms with Crippen molar-refractivity contribution in [1.82, 2.24) is 9.55 Å². The van der Waals surface area contributed by atoms with E-state index in [1.54, 1.807) is 0 Å². The van der Waals surface area contributed by atoms with Gasteiger partial charge in [0.25, 0.3) is 0 Å². The fourth-order valence-corrected chi connectivity index (χ4v) is 3.89. The molecule has 4 heteroatoms. The topological polar surface area (TPSA) is 29.9 Å². The lowest BCUT2D eigenvalue weighted by molar-refractivity contribution is 0.520. The third kappa shape index (κ3) is 2.08. The molecule has 0 radical (unpaired) electrons. The first-order chi connectivity index (χ1) is 7.93. The average molecular weight is 237 g/mol. The minimum atomic E-state index is 0.632. The number of nitrogens with zero attached hydrogens (tertiary/aromatic N) is 2. The summed E-state index contributed by atoms with van der Waals surface area (Å²) in [6, 6.07) is 1.33. The van der Waals surface area contributed by atoms with Crippen LogP contribution in [-0.4, -0.2) is 27.1 Å². The highest BCUT2D eigenvalue weighted by atomic mass is 32.2. The third-order valence-corrected chi connectivity index (χ3v) is 4.81. The number of thioether (sulfide) groups is 1. The van der Waals surface area contributed by atoms with Crippen molar-refractivity contribution in [3.63, 3.8) is 0 Å². The van der Waals surface area contributed by atoms with Gasteiger partial charge in [0, 0.05) is 30.2 Å². The van der Waals surface area contributed by atoms with E-state index in [9.17, 15) is 0 Å². The van der Waals surface area contributed by atoms with Crippen molar-refractivity contribution in [3.05, 3.63) is 12.4 Å². The normalized spacial score (nSPS) is 26.4. The molecule has 1 aromatic heterocycles. The molecule has 0 amide bonds. The molecule has 2 fully saturated rings. The van der Waals surface area contributed by atoms with E-state index < -0.39 is 0 Å². The first-order valence-electron chi connectivity index (χ1n) is 6.30. The Morgan fingerprint density at radius 2 is 2.19 bits per heavy atom. The molecule has 88 valence electrons. The fraction of sp³-hybridized carbons (Fsp3) is 0.750. The second-order valence-electron chi connectivity index (χ2n) is 4.80. The van der Waals surface area contributed by atoms with Crippen molar-refractivity contribution in [3.8, 4) is 0 Å². The van der Waals surface area contributed by atoms with E-state index in [4.69, 9.17) is 0 Å². The Kier molecular flexibility index (Phi) is 3.09. The van der Waals surface area contributed by atoms with Gasteiger partial charge in [-0.15, -0.1) is 0 Å². The summed E-state index contributed by atoms with van der Waals surface area (Å²) in [5.74, 6) is 3.62. The largest absolute Gasteiger partial charge is 0.352 e. The van der Waals surface area contributed by atoms with Crippen molar-refractivity contribution in [2.24, 2.45) is 0 Å². The van der Waals surface area contributed by atoms with Crippen molar-refractivity contribution in [1.29, 1.82) is 0 Å². The van der Waals surface area contributed by atoms with Gasteiger partial charge >= 0.3 is 0 Å². The van der Waals surface area contributed by atoms with Crippen LogP contribution in [0.4, 0.5) is 5.95 Å². The summed E-state index contributed by atoms with van der Waals surface area (Å²) in [5.41, 5.74) is 0. The van der Waals surface area contributed by atoms with Gasteiger partial charge in [-0.3, -0.25) is 0 Å². The molecule has 2 aliphatic rings. The van der Waals surface area contributed by atoms with Crippen LogP contribution in [0.2, 0.25) is 0 Å². The minimum Gasteiger partial charge on any atom is -0.352 e. The number of anilines is 1. The number of imidazole rings is 1. The summed E-state index contributed by atoms with van der Waals surface area (Å²) >= 11 is 2.04. The van der Waals surface area contributed by atoms with E-state index in [-0.39, 0.29) is 0 Å². The molecule has 3 rings (SSSR count). The van der Waals surface area contributed by atoms with E-state index in [2.05, 4.69) is 21.1 Å². The highest BCUT2D eigenvalue weighted by Gasteiger charge is 2.21. The molecule has 0 aromatic carbocycles. The second kappa shape index (κ2) is 4.70. The molecular weight excluding hydrogens is 218 g/mol. The summed E-state index contributed by atoms with van der Waals surface area (Å²) in [4.78, 5) is 4.47. The molecule has 1 aromatic rings. The van der Waals surface area contributed by atoms with Crippen LogP contribution >= 0.6 is 11.8 Å². The molecule has 3 nitrogen and oxygen atoms in total. The van der Waals surface area contributed by atoms with Gasteiger partial charge in [0.2, 0.25) is 5.95 Å². The maximum absolute atomic E-state index is 4.47. The van der Waals surface area contributed by atoms with Crippen LogP contribution in [0, 0.1) is 0 Å². The Hall–Kier alpha value is -0.640. The van der Waals surface area contributed by atoms with Gasteiger partial charge in [0.05, 0.1) is 0 Å². The van der Waals surface area contributed by atoms with Gasteiger partial charge in [0.1, 0.15) is 0 Å². The first kappa shape index (κ1) is 10.5. The predicted molar refractivity (Wildman–Crippen MR) is 69.1 cm³/mol. The number of nitrogens with one attached hydrogen (secondary N) is 1. The van der Waals surface area contributed by atoms with E-state index in [1.165, 1.54) is 43.6 Å². The Bertz CT molecular complexity index is 338. The third-order valence-electron chi connectivity index (χ3n) is 3.65. The average Bonchev–Trinajstić information content (AvgIpc) is 2.98. The molecule has 1 aliphatic heterocycles. The summed E-state index contributed by atoms with van der Waals surface area (Å²) in [5, 5.41) is 3.60. The SMILES string of the molecule is c1cn(C2CCCC2)c(NC2CCSC2)n1. The Morgan fingerprint density at radius 3 is 2.94 bits per heavy atom. The first-order valence-corrected chi connectivity index (χ1v) is 7.46. The number of hydrogen-bond acceptors (Lipinski definition) is 3. The van der Waals surface area contributed by atoms with Crippen LogP contribution in [0.3, 0.4) is 0 Å². The quantitative estimate of drug-likeness (QED) is 0.876. The van der Waals surface area contributed by atoms with Crippen LogP contribution in [0.5, 0.6) is 0 Å². The van der Waals surface area contributed by atoms with Crippen molar-refractivity contribution in [2.45, 2.75) is 44.2 Å². The van der Waals surface area contributed by atoms with Gasteiger partial charge in [0.15, 0.2) is 0 Å². The van der Waals surface area contributed by atoms with Crippen LogP contribution in [0.15, 0.2) is 12.4 Å². The molecule has 1 N–H and O–H groups in total. The van der Waals surface area contributed by atoms with Gasteiger partial charge in [-0.1, -0.05) is 12.8 Å². The van der Waals surface area contributed by atoms with Crippen LogP contribution < -0.4 is 5.32 Å². The smallest absolute Gasteiger partial charge is 0.203 e. The van der Waals surface area contributed by atoms with Crippen LogP contribution in [0.25, 0.3) is 0 Å². The molecule has 1 saturated heterocycles. The standard InChI is InChI=1S/C12H19N3S/c1-2-4-11(3-1)15-7-6-13-12(15)14-10-5-8-16-9-10/h6-7,10-11H,1-5,8-9H2,(H,13,14). The molecule has 1 unspecified atom stereocenters. The highest BCUT2D eigenvalue weighted by Crippen LogP contribution is 2.32. The molecule has 16 heavy (non-hydrogen) atoms. The summed E-state index contributed by atoms with van der Waals surface area (Å²) in [6.07, 6.45) is 10.8. The number of rotatable bonds is 3. The van der Waals surface area contributed by atoms with Crippen molar-refractivity contribution in [2.75, 3.05) is 16.8 Å². The summed E-state index contributed by atoms with van der Waals surface area (Å²) in [7, 11) is 0. The molecule has 1 atom stereocenters. The zero-order valence-electron chi connectivity index (χ0n) is 9.56. The van der Waals surface area contributed by atoms with Gasteiger partial charge in [-0.25, -0.2) is 4.98 Å². The second-order valence-corrected chi connectivity index (χ2v) is 5.95. The van der Waals surface area contributed by atoms with Gasteiger partial charge < -0.3 is 9.88 Å². The minimum absolute atomic E-state index is 0.632. The lowest BCUT2D eigenvalue weighted by Crippen LogP contribution is -2.21. The summed E-state index contributed by atoms with van der Waals surface area (Å²) in [6.45, 7) is 0. The molecule has 0 bridgehead atoms. The molecule has 2 heterocycles. The maximum Gasteiger partial charge on any atom is 0.203 e. The molecular formula is C12H19N3S. The zero-order chi connectivity index (χ0) is 10.8. The van der Waals surface area contributed by atoms with Gasteiger partial charge in [-0.2, -0.15) is 11.8 Å². The van der Waals surface area contributed by atoms with E-state index >= 15 is 0 Å². The van der Waals surface area contributed by atoms with Crippen LogP contribution in [0.1, 0.15) is 38.1 Å². The fourth-order valence-electron chi connectivity index (χ4n) is 2.73. The Morgan fingerprint density at radius 1 is 1.31 bits per heavy atom. The molecule has 1 saturated carbocycles. The lowest BCUT2D eigenvalue weighted by Gasteiger charge is -2.18. The summed E-state index contributed by atoms with van der Waals surface area (Å²) < 4.78 is 2.36. The Labute approximate surface area is 101 Å². The Balaban J connectivity index is 1.71. The lowest BCUT2D eigenvalue weighted by atomic mass is 10.2. The molecule has 0 spiro atoms. The van der Waals surface area contributed by atoms with Crippen molar-refractivity contribution >= 4 is 17.7 Å². The van der Waals surface area contributed by atoms with Crippen molar-refractivity contribution < 1.29 is 0 Å².